The maximum absolute atomic E-state index is 10.8. The van der Waals surface area contributed by atoms with Crippen LogP contribution in [0.2, 0.25) is 0 Å². The Kier molecular flexibility index (Phi) is 2.62. The fourth-order valence-electron chi connectivity index (χ4n) is 1.27. The van der Waals surface area contributed by atoms with Crippen molar-refractivity contribution < 1.29 is 4.79 Å². The lowest BCUT2D eigenvalue weighted by molar-refractivity contribution is 0.112. The Hall–Kier alpha value is -1.17. The van der Waals surface area contributed by atoms with E-state index in [1.54, 1.807) is 12.4 Å². The van der Waals surface area contributed by atoms with Crippen LogP contribution in [0, 0.1) is 0 Å². The highest BCUT2D eigenvalue weighted by atomic mass is 127. The lowest BCUT2D eigenvalue weighted by Crippen LogP contribution is -1.86. The molecule has 0 radical (unpaired) electrons. The minimum absolute atomic E-state index is 0.669. The molecule has 1 aromatic carbocycles. The molecule has 0 saturated carbocycles. The number of aldehydes is 1. The fourth-order valence-corrected chi connectivity index (χ4v) is 1.66. The van der Waals surface area contributed by atoms with E-state index < -0.39 is 0 Å². The van der Waals surface area contributed by atoms with E-state index in [4.69, 9.17) is 0 Å². The number of aromatic nitrogens is 2. The van der Waals surface area contributed by atoms with Crippen LogP contribution in [0.1, 0.15) is 10.4 Å². The minimum Gasteiger partial charge on any atom is -0.298 e. The molecular formula is C10H7IN2O. The van der Waals surface area contributed by atoms with Crippen LogP contribution in [0.15, 0.2) is 36.8 Å². The quantitative estimate of drug-likeness (QED) is 0.631. The van der Waals surface area contributed by atoms with E-state index in [9.17, 15) is 4.79 Å². The van der Waals surface area contributed by atoms with Crippen molar-refractivity contribution in [3.8, 4) is 11.3 Å². The summed E-state index contributed by atoms with van der Waals surface area (Å²) in [5, 5.41) is 0. The third-order valence-electron chi connectivity index (χ3n) is 1.92. The van der Waals surface area contributed by atoms with Crippen molar-refractivity contribution in [1.82, 2.24) is 7.76 Å². The molecule has 2 rings (SSSR count). The van der Waals surface area contributed by atoms with Crippen molar-refractivity contribution in [2.75, 3.05) is 0 Å². The smallest absolute Gasteiger partial charge is 0.150 e. The molecule has 70 valence electrons. The molecule has 0 fully saturated rings. The Balaban J connectivity index is 2.55. The first kappa shape index (κ1) is 9.39. The lowest BCUT2D eigenvalue weighted by Gasteiger charge is -1.98. The van der Waals surface area contributed by atoms with Gasteiger partial charge in [0.05, 0.1) is 28.6 Å². The van der Waals surface area contributed by atoms with Crippen LogP contribution in [0.4, 0.5) is 0 Å². The molecule has 1 heterocycles. The predicted molar refractivity (Wildman–Crippen MR) is 62.5 cm³/mol. The standard InChI is InChI=1S/C10H7IN2O/c11-13-5-10(12-7-13)9-4-2-1-3-8(9)6-14/h1-7H. The number of imidazole rings is 1. The average molecular weight is 298 g/mol. The van der Waals surface area contributed by atoms with Crippen molar-refractivity contribution in [1.29, 1.82) is 0 Å². The first-order chi connectivity index (χ1) is 6.81. The van der Waals surface area contributed by atoms with Gasteiger partial charge in [0, 0.05) is 17.3 Å². The van der Waals surface area contributed by atoms with E-state index in [0.717, 1.165) is 17.5 Å². The maximum atomic E-state index is 10.8. The van der Waals surface area contributed by atoms with Crippen molar-refractivity contribution in [2.45, 2.75) is 0 Å². The largest absolute Gasteiger partial charge is 0.298 e. The molecule has 14 heavy (non-hydrogen) atoms. The molecule has 2 aromatic rings. The topological polar surface area (TPSA) is 34.9 Å². The highest BCUT2D eigenvalue weighted by Crippen LogP contribution is 2.20. The van der Waals surface area contributed by atoms with Gasteiger partial charge >= 0.3 is 0 Å². The van der Waals surface area contributed by atoms with Gasteiger partial charge in [0.1, 0.15) is 6.33 Å². The summed E-state index contributed by atoms with van der Waals surface area (Å²) >= 11 is 2.12. The number of benzene rings is 1. The molecule has 4 heteroatoms. The van der Waals surface area contributed by atoms with Crippen molar-refractivity contribution in [2.24, 2.45) is 0 Å². The number of rotatable bonds is 2. The Morgan fingerprint density at radius 1 is 1.36 bits per heavy atom. The summed E-state index contributed by atoms with van der Waals surface area (Å²) in [6.07, 6.45) is 4.43. The average Bonchev–Trinajstić information content (AvgIpc) is 2.65. The summed E-state index contributed by atoms with van der Waals surface area (Å²) in [6.45, 7) is 0. The summed E-state index contributed by atoms with van der Waals surface area (Å²) in [5.41, 5.74) is 2.36. The molecule has 0 aliphatic heterocycles. The van der Waals surface area contributed by atoms with Gasteiger partial charge in [-0.25, -0.2) is 4.98 Å². The number of hydrogen-bond acceptors (Lipinski definition) is 2. The van der Waals surface area contributed by atoms with Crippen molar-refractivity contribution in [3.05, 3.63) is 42.4 Å². The van der Waals surface area contributed by atoms with E-state index in [0.29, 0.717) is 5.56 Å². The minimum atomic E-state index is 0.669. The fraction of sp³-hybridized carbons (Fsp3) is 0. The zero-order valence-electron chi connectivity index (χ0n) is 7.22. The summed E-state index contributed by atoms with van der Waals surface area (Å²) in [6, 6.07) is 7.42. The zero-order chi connectivity index (χ0) is 9.97. The Morgan fingerprint density at radius 2 is 2.14 bits per heavy atom. The van der Waals surface area contributed by atoms with Crippen LogP contribution in [0.25, 0.3) is 11.3 Å². The summed E-state index contributed by atoms with van der Waals surface area (Å²) in [4.78, 5) is 15.0. The van der Waals surface area contributed by atoms with Crippen molar-refractivity contribution in [3.63, 3.8) is 0 Å². The first-order valence-electron chi connectivity index (χ1n) is 4.06. The second kappa shape index (κ2) is 3.91. The van der Waals surface area contributed by atoms with Gasteiger partial charge in [0.2, 0.25) is 0 Å². The summed E-state index contributed by atoms with van der Waals surface area (Å²) < 4.78 is 1.83. The zero-order valence-corrected chi connectivity index (χ0v) is 9.38. The lowest BCUT2D eigenvalue weighted by atomic mass is 10.1. The molecule has 1 aromatic heterocycles. The van der Waals surface area contributed by atoms with Crippen LogP contribution >= 0.6 is 22.9 Å². The number of carbonyl (C=O) groups is 1. The maximum Gasteiger partial charge on any atom is 0.150 e. The van der Waals surface area contributed by atoms with Crippen molar-refractivity contribution >= 4 is 29.2 Å². The van der Waals surface area contributed by atoms with Crippen LogP contribution in [-0.2, 0) is 0 Å². The molecule has 0 N–H and O–H groups in total. The summed E-state index contributed by atoms with van der Waals surface area (Å²) in [5.74, 6) is 0. The van der Waals surface area contributed by atoms with Gasteiger partial charge < -0.3 is 0 Å². The van der Waals surface area contributed by atoms with Crippen LogP contribution in [0.5, 0.6) is 0 Å². The molecule has 0 bridgehead atoms. The molecule has 0 saturated heterocycles. The molecule has 0 amide bonds. The van der Waals surface area contributed by atoms with Gasteiger partial charge in [-0.1, -0.05) is 24.3 Å². The molecule has 3 nitrogen and oxygen atoms in total. The van der Waals surface area contributed by atoms with E-state index in [-0.39, 0.29) is 0 Å². The highest BCUT2D eigenvalue weighted by Gasteiger charge is 2.05. The summed E-state index contributed by atoms with van der Waals surface area (Å²) in [7, 11) is 0. The SMILES string of the molecule is O=Cc1ccccc1-c1cn(I)cn1. The number of hydrogen-bond donors (Lipinski definition) is 0. The van der Waals surface area contributed by atoms with Gasteiger partial charge in [-0.05, 0) is 0 Å². The van der Waals surface area contributed by atoms with Gasteiger partial charge in [0.25, 0.3) is 0 Å². The number of halogens is 1. The molecule has 0 aliphatic carbocycles. The van der Waals surface area contributed by atoms with E-state index >= 15 is 0 Å². The van der Waals surface area contributed by atoms with Gasteiger partial charge in [-0.15, -0.1) is 0 Å². The normalized spacial score (nSPS) is 10.1. The first-order valence-corrected chi connectivity index (χ1v) is 5.02. The Morgan fingerprint density at radius 3 is 2.79 bits per heavy atom. The third-order valence-corrected chi connectivity index (χ3v) is 2.44. The van der Waals surface area contributed by atoms with Crippen LogP contribution < -0.4 is 0 Å². The second-order valence-electron chi connectivity index (χ2n) is 2.81. The number of carbonyl (C=O) groups excluding carboxylic acids is 1. The molecule has 0 spiro atoms. The van der Waals surface area contributed by atoms with Gasteiger partial charge in [-0.3, -0.25) is 7.58 Å². The monoisotopic (exact) mass is 298 g/mol. The van der Waals surface area contributed by atoms with Gasteiger partial charge in [-0.2, -0.15) is 0 Å². The molecule has 0 aliphatic rings. The van der Waals surface area contributed by atoms with E-state index in [1.165, 1.54) is 0 Å². The third kappa shape index (κ3) is 1.70. The highest BCUT2D eigenvalue weighted by molar-refractivity contribution is 14.1. The Bertz CT molecular complexity index is 465. The van der Waals surface area contributed by atoms with Crippen LogP contribution in [-0.4, -0.2) is 14.1 Å². The van der Waals surface area contributed by atoms with Crippen LogP contribution in [0.3, 0.4) is 0 Å². The van der Waals surface area contributed by atoms with E-state index in [2.05, 4.69) is 27.8 Å². The molecular weight excluding hydrogens is 291 g/mol. The second-order valence-corrected chi connectivity index (χ2v) is 3.92. The van der Waals surface area contributed by atoms with Gasteiger partial charge in [0.15, 0.2) is 6.29 Å². The predicted octanol–water partition coefficient (Wildman–Crippen LogP) is 2.56. The Labute approximate surface area is 95.3 Å². The number of nitrogens with zero attached hydrogens (tertiary/aromatic N) is 2. The molecule has 0 unspecified atom stereocenters. The molecule has 0 atom stereocenters. The van der Waals surface area contributed by atoms with E-state index in [1.807, 2.05) is 27.2 Å².